The number of carbonyl (C=O) groups excluding carboxylic acids is 1. The Morgan fingerprint density at radius 3 is 2.29 bits per heavy atom. The highest BCUT2D eigenvalue weighted by molar-refractivity contribution is 6.00. The summed E-state index contributed by atoms with van der Waals surface area (Å²) in [5.41, 5.74) is 5.85. The van der Waals surface area contributed by atoms with Crippen LogP contribution in [0, 0.1) is 10.8 Å². The number of anilines is 2. The monoisotopic (exact) mass is 466 g/mol. The lowest BCUT2D eigenvalue weighted by molar-refractivity contribution is -0.211. The Balaban J connectivity index is 1.23. The van der Waals surface area contributed by atoms with Crippen LogP contribution in [-0.4, -0.2) is 28.3 Å². The first-order valence-corrected chi connectivity index (χ1v) is 12.7. The minimum absolute atomic E-state index is 0.0186. The lowest BCUT2D eigenvalue weighted by atomic mass is 9.41. The predicted molar refractivity (Wildman–Crippen MR) is 128 cm³/mol. The maximum atomic E-state index is 14.3. The molecule has 0 saturated heterocycles. The second-order valence-electron chi connectivity index (χ2n) is 12.9. The standard InChI is InChI=1S/C27H35FN4O2/c1-23(2,3)21-30-20(31-34-21)25-10-7-24(8-11-25,9-12-25)17-32(19-6-4-5-18(29)13-19)22(33)26-14-27(28,15-26)16-26/h4-6,13H,7-12,14-17,29H2,1-3H3. The van der Waals surface area contributed by atoms with Crippen LogP contribution in [0.1, 0.15) is 90.3 Å². The molecule has 6 aliphatic rings. The van der Waals surface area contributed by atoms with Gasteiger partial charge in [0.25, 0.3) is 0 Å². The van der Waals surface area contributed by atoms with E-state index in [2.05, 4.69) is 25.9 Å². The van der Waals surface area contributed by atoms with Gasteiger partial charge in [-0.2, -0.15) is 4.98 Å². The van der Waals surface area contributed by atoms with Crippen molar-refractivity contribution in [2.45, 2.75) is 95.1 Å². The number of aromatic nitrogens is 2. The lowest BCUT2D eigenvalue weighted by Crippen LogP contribution is -2.71. The van der Waals surface area contributed by atoms with E-state index in [0.29, 0.717) is 37.4 Å². The zero-order valence-electron chi connectivity index (χ0n) is 20.5. The fourth-order valence-electron chi connectivity index (χ4n) is 7.07. The second-order valence-corrected chi connectivity index (χ2v) is 12.9. The van der Waals surface area contributed by atoms with E-state index >= 15 is 0 Å². The molecule has 0 atom stereocenters. The number of nitrogens with zero attached hydrogens (tertiary/aromatic N) is 3. The smallest absolute Gasteiger partial charge is 0.233 e. The number of alkyl halides is 1. The quantitative estimate of drug-likeness (QED) is 0.591. The van der Waals surface area contributed by atoms with Crippen LogP contribution < -0.4 is 10.6 Å². The van der Waals surface area contributed by atoms with Crippen LogP contribution >= 0.6 is 0 Å². The Hall–Kier alpha value is -2.44. The van der Waals surface area contributed by atoms with Crippen LogP contribution in [-0.2, 0) is 15.6 Å². The molecule has 34 heavy (non-hydrogen) atoms. The Bertz CT molecular complexity index is 1110. The normalized spacial score (nSPS) is 36.0. The van der Waals surface area contributed by atoms with Crippen molar-refractivity contribution in [3.8, 4) is 0 Å². The van der Waals surface area contributed by atoms with E-state index in [9.17, 15) is 9.18 Å². The summed E-state index contributed by atoms with van der Waals surface area (Å²) in [6.45, 7) is 6.94. The van der Waals surface area contributed by atoms with Crippen molar-refractivity contribution in [3.63, 3.8) is 0 Å². The molecular formula is C27H35FN4O2. The third kappa shape index (κ3) is 3.22. The molecule has 1 amide bonds. The number of carbonyl (C=O) groups is 1. The third-order valence-corrected chi connectivity index (χ3v) is 9.28. The van der Waals surface area contributed by atoms with E-state index in [0.717, 1.165) is 50.0 Å². The fraction of sp³-hybridized carbons (Fsp3) is 0.667. The topological polar surface area (TPSA) is 85.2 Å². The van der Waals surface area contributed by atoms with Gasteiger partial charge < -0.3 is 15.2 Å². The minimum Gasteiger partial charge on any atom is -0.399 e. The van der Waals surface area contributed by atoms with Crippen LogP contribution in [0.4, 0.5) is 15.8 Å². The molecule has 6 nitrogen and oxygen atoms in total. The average Bonchev–Trinajstić information content (AvgIpc) is 3.27. The number of hydrogen-bond acceptors (Lipinski definition) is 5. The van der Waals surface area contributed by atoms with Gasteiger partial charge in [-0.25, -0.2) is 4.39 Å². The largest absolute Gasteiger partial charge is 0.399 e. The number of amides is 1. The Morgan fingerprint density at radius 2 is 1.76 bits per heavy atom. The van der Waals surface area contributed by atoms with Crippen molar-refractivity contribution < 1.29 is 13.7 Å². The van der Waals surface area contributed by atoms with Gasteiger partial charge in [-0.1, -0.05) is 32.0 Å². The van der Waals surface area contributed by atoms with E-state index in [1.807, 2.05) is 29.2 Å². The van der Waals surface area contributed by atoms with Crippen LogP contribution in [0.3, 0.4) is 0 Å². The summed E-state index contributed by atoms with van der Waals surface area (Å²) >= 11 is 0. The number of nitrogen functional groups attached to an aromatic ring is 1. The molecule has 0 radical (unpaired) electrons. The Morgan fingerprint density at radius 1 is 1.12 bits per heavy atom. The van der Waals surface area contributed by atoms with Crippen LogP contribution in [0.2, 0.25) is 0 Å². The number of nitrogens with two attached hydrogens (primary N) is 1. The van der Waals surface area contributed by atoms with Crippen molar-refractivity contribution in [1.29, 1.82) is 0 Å². The van der Waals surface area contributed by atoms with Gasteiger partial charge in [0.15, 0.2) is 5.82 Å². The molecule has 0 spiro atoms. The van der Waals surface area contributed by atoms with Crippen molar-refractivity contribution in [2.24, 2.45) is 10.8 Å². The summed E-state index contributed by atoms with van der Waals surface area (Å²) in [4.78, 5) is 20.5. The molecular weight excluding hydrogens is 431 g/mol. The Kier molecular flexibility index (Phi) is 4.43. The zero-order valence-corrected chi connectivity index (χ0v) is 20.5. The molecule has 0 aliphatic heterocycles. The molecule has 1 aromatic carbocycles. The molecule has 6 fully saturated rings. The molecule has 0 unspecified atom stereocenters. The molecule has 182 valence electrons. The van der Waals surface area contributed by atoms with Gasteiger partial charge in [-0.05, 0) is 81.4 Å². The lowest BCUT2D eigenvalue weighted by Gasteiger charge is -2.65. The number of benzene rings is 1. The number of fused-ring (bicyclic) bond motifs is 3. The van der Waals surface area contributed by atoms with Crippen LogP contribution in [0.15, 0.2) is 28.8 Å². The minimum atomic E-state index is -1.10. The van der Waals surface area contributed by atoms with E-state index in [4.69, 9.17) is 15.2 Å². The molecule has 2 aromatic rings. The molecule has 8 rings (SSSR count). The van der Waals surface area contributed by atoms with Crippen molar-refractivity contribution in [1.82, 2.24) is 10.1 Å². The second kappa shape index (κ2) is 6.82. The molecule has 6 saturated carbocycles. The highest BCUT2D eigenvalue weighted by atomic mass is 19.1. The molecule has 7 heteroatoms. The molecule has 1 heterocycles. The van der Waals surface area contributed by atoms with Crippen molar-refractivity contribution >= 4 is 17.3 Å². The summed E-state index contributed by atoms with van der Waals surface area (Å²) in [5, 5.41) is 4.41. The summed E-state index contributed by atoms with van der Waals surface area (Å²) in [6, 6.07) is 7.59. The molecule has 2 N–H and O–H groups in total. The van der Waals surface area contributed by atoms with E-state index in [1.165, 1.54) is 0 Å². The van der Waals surface area contributed by atoms with Gasteiger partial charge in [0.05, 0.1) is 5.41 Å². The van der Waals surface area contributed by atoms with E-state index in [-0.39, 0.29) is 22.2 Å². The van der Waals surface area contributed by atoms with Crippen LogP contribution in [0.25, 0.3) is 0 Å². The summed E-state index contributed by atoms with van der Waals surface area (Å²) in [7, 11) is 0. The Labute approximate surface area is 200 Å². The number of halogens is 1. The van der Waals surface area contributed by atoms with Crippen LogP contribution in [0.5, 0.6) is 0 Å². The SMILES string of the molecule is CC(C)(C)c1nc(C23CCC(CN(C(=O)C45CC(F)(C4)C5)c4cccc(N)c4)(CC2)CC3)no1. The van der Waals surface area contributed by atoms with Gasteiger partial charge in [-0.3, -0.25) is 4.79 Å². The highest BCUT2D eigenvalue weighted by Crippen LogP contribution is 2.70. The molecule has 1 aromatic heterocycles. The average molecular weight is 467 g/mol. The van der Waals surface area contributed by atoms with Gasteiger partial charge in [0.2, 0.25) is 11.8 Å². The summed E-state index contributed by atoms with van der Waals surface area (Å²) < 4.78 is 19.9. The first kappa shape index (κ1) is 22.1. The first-order chi connectivity index (χ1) is 16.0. The highest BCUT2D eigenvalue weighted by Gasteiger charge is 2.73. The summed E-state index contributed by atoms with van der Waals surface area (Å²) in [5.74, 6) is 1.64. The third-order valence-electron chi connectivity index (χ3n) is 9.28. The molecule has 6 aliphatic carbocycles. The van der Waals surface area contributed by atoms with E-state index < -0.39 is 11.1 Å². The molecule has 4 bridgehead atoms. The first-order valence-electron chi connectivity index (χ1n) is 12.7. The summed E-state index contributed by atoms with van der Waals surface area (Å²) in [6.07, 6.45) is 7.23. The fourth-order valence-corrected chi connectivity index (χ4v) is 7.07. The van der Waals surface area contributed by atoms with Gasteiger partial charge in [0.1, 0.15) is 5.67 Å². The van der Waals surface area contributed by atoms with Gasteiger partial charge >= 0.3 is 0 Å². The van der Waals surface area contributed by atoms with Crippen molar-refractivity contribution in [2.75, 3.05) is 17.2 Å². The maximum Gasteiger partial charge on any atom is 0.233 e. The van der Waals surface area contributed by atoms with Gasteiger partial charge in [-0.15, -0.1) is 0 Å². The number of rotatable bonds is 5. The van der Waals surface area contributed by atoms with Crippen molar-refractivity contribution in [3.05, 3.63) is 36.0 Å². The zero-order chi connectivity index (χ0) is 24.0. The maximum absolute atomic E-state index is 14.3. The van der Waals surface area contributed by atoms with E-state index in [1.54, 1.807) is 0 Å². The predicted octanol–water partition coefficient (Wildman–Crippen LogP) is 5.47. The van der Waals surface area contributed by atoms with Gasteiger partial charge in [0, 0.05) is 28.7 Å². The number of hydrogen-bond donors (Lipinski definition) is 1.